The van der Waals surface area contributed by atoms with E-state index in [1.807, 2.05) is 0 Å². The zero-order valence-corrected chi connectivity index (χ0v) is 13.6. The fraction of sp³-hybridized carbons (Fsp3) is 0.529. The molecule has 5 nitrogen and oxygen atoms in total. The number of hydrogen-bond acceptors (Lipinski definition) is 3. The SMILES string of the molecule is CO[C@@]1(CCC(N)=O)CCCN(C(=O)c2ccc(F)c(C)c2)C1. The Morgan fingerprint density at radius 1 is 1.43 bits per heavy atom. The summed E-state index contributed by atoms with van der Waals surface area (Å²) in [5.41, 5.74) is 5.59. The summed E-state index contributed by atoms with van der Waals surface area (Å²) in [6, 6.07) is 4.37. The number of amides is 2. The highest BCUT2D eigenvalue weighted by molar-refractivity contribution is 5.94. The summed E-state index contributed by atoms with van der Waals surface area (Å²) in [5.74, 6) is -0.847. The van der Waals surface area contributed by atoms with Crippen LogP contribution in [0.15, 0.2) is 18.2 Å². The second-order valence-electron chi connectivity index (χ2n) is 6.15. The molecule has 0 aliphatic carbocycles. The van der Waals surface area contributed by atoms with E-state index in [9.17, 15) is 14.0 Å². The highest BCUT2D eigenvalue weighted by atomic mass is 19.1. The van der Waals surface area contributed by atoms with Gasteiger partial charge in [-0.2, -0.15) is 0 Å². The van der Waals surface area contributed by atoms with Crippen molar-refractivity contribution in [3.05, 3.63) is 35.1 Å². The van der Waals surface area contributed by atoms with Crippen molar-refractivity contribution in [1.29, 1.82) is 0 Å². The van der Waals surface area contributed by atoms with Crippen molar-refractivity contribution in [2.24, 2.45) is 5.73 Å². The van der Waals surface area contributed by atoms with E-state index < -0.39 is 5.60 Å². The maximum atomic E-state index is 13.4. The summed E-state index contributed by atoms with van der Waals surface area (Å²) in [5, 5.41) is 0. The maximum absolute atomic E-state index is 13.4. The van der Waals surface area contributed by atoms with Crippen LogP contribution in [0.5, 0.6) is 0 Å². The molecule has 1 atom stereocenters. The third kappa shape index (κ3) is 4.07. The van der Waals surface area contributed by atoms with Gasteiger partial charge in [0.2, 0.25) is 5.91 Å². The molecule has 1 heterocycles. The lowest BCUT2D eigenvalue weighted by atomic mass is 9.87. The molecule has 2 N–H and O–H groups in total. The molecular weight excluding hydrogens is 299 g/mol. The number of rotatable bonds is 5. The lowest BCUT2D eigenvalue weighted by Gasteiger charge is -2.42. The topological polar surface area (TPSA) is 72.6 Å². The molecule has 2 amide bonds. The molecule has 126 valence electrons. The summed E-state index contributed by atoms with van der Waals surface area (Å²) in [6.45, 7) is 2.66. The number of aryl methyl sites for hydroxylation is 1. The van der Waals surface area contributed by atoms with Gasteiger partial charge in [0.1, 0.15) is 5.82 Å². The number of carbonyl (C=O) groups is 2. The highest BCUT2D eigenvalue weighted by Crippen LogP contribution is 2.30. The van der Waals surface area contributed by atoms with Crippen LogP contribution < -0.4 is 5.73 Å². The van der Waals surface area contributed by atoms with Gasteiger partial charge in [0.05, 0.1) is 5.60 Å². The first-order valence-corrected chi connectivity index (χ1v) is 7.76. The smallest absolute Gasteiger partial charge is 0.253 e. The first-order chi connectivity index (χ1) is 10.9. The van der Waals surface area contributed by atoms with Crippen LogP contribution in [0, 0.1) is 12.7 Å². The van der Waals surface area contributed by atoms with Crippen LogP contribution in [0.2, 0.25) is 0 Å². The summed E-state index contributed by atoms with van der Waals surface area (Å²) < 4.78 is 19.0. The van der Waals surface area contributed by atoms with Crippen LogP contribution >= 0.6 is 0 Å². The van der Waals surface area contributed by atoms with Crippen molar-refractivity contribution in [3.63, 3.8) is 0 Å². The minimum Gasteiger partial charge on any atom is -0.376 e. The van der Waals surface area contributed by atoms with Gasteiger partial charge < -0.3 is 15.4 Å². The van der Waals surface area contributed by atoms with Gasteiger partial charge in [0, 0.05) is 32.2 Å². The van der Waals surface area contributed by atoms with Crippen molar-refractivity contribution in [3.8, 4) is 0 Å². The van der Waals surface area contributed by atoms with E-state index in [1.54, 1.807) is 25.0 Å². The molecule has 1 aromatic rings. The zero-order valence-electron chi connectivity index (χ0n) is 13.6. The van der Waals surface area contributed by atoms with Crippen molar-refractivity contribution >= 4 is 11.8 Å². The maximum Gasteiger partial charge on any atom is 0.253 e. The third-order valence-corrected chi connectivity index (χ3v) is 4.49. The van der Waals surface area contributed by atoms with Crippen LogP contribution in [0.3, 0.4) is 0 Å². The standard InChI is InChI=1S/C17H23FN2O3/c1-12-10-13(4-5-14(12)18)16(22)20-9-3-7-17(11-20,23-2)8-6-15(19)21/h4-5,10H,3,6-9,11H2,1-2H3,(H2,19,21)/t17-/m1/s1. The molecule has 1 aliphatic heterocycles. The van der Waals surface area contributed by atoms with Gasteiger partial charge in [-0.3, -0.25) is 9.59 Å². The second kappa shape index (κ2) is 7.08. The molecule has 23 heavy (non-hydrogen) atoms. The van der Waals surface area contributed by atoms with E-state index in [0.717, 1.165) is 12.8 Å². The Morgan fingerprint density at radius 3 is 2.78 bits per heavy atom. The molecule has 1 aromatic carbocycles. The number of likely N-dealkylation sites (tertiary alicyclic amines) is 1. The number of halogens is 1. The Kier molecular flexibility index (Phi) is 5.36. The number of methoxy groups -OCH3 is 1. The monoisotopic (exact) mass is 322 g/mol. The van der Waals surface area contributed by atoms with E-state index in [1.165, 1.54) is 12.1 Å². The van der Waals surface area contributed by atoms with Gasteiger partial charge in [-0.1, -0.05) is 0 Å². The Morgan fingerprint density at radius 2 is 2.17 bits per heavy atom. The van der Waals surface area contributed by atoms with Crippen molar-refractivity contribution < 1.29 is 18.7 Å². The average Bonchev–Trinajstić information content (AvgIpc) is 2.55. The Balaban J connectivity index is 2.14. The molecule has 0 spiro atoms. The predicted octanol–water partition coefficient (Wildman–Crippen LogP) is 2.02. The second-order valence-corrected chi connectivity index (χ2v) is 6.15. The summed E-state index contributed by atoms with van der Waals surface area (Å²) in [6.07, 6.45) is 2.29. The molecule has 0 aromatic heterocycles. The van der Waals surface area contributed by atoms with E-state index in [4.69, 9.17) is 10.5 Å². The number of nitrogens with two attached hydrogens (primary N) is 1. The molecular formula is C17H23FN2O3. The van der Waals surface area contributed by atoms with Crippen LogP contribution in [-0.2, 0) is 9.53 Å². The number of ether oxygens (including phenoxy) is 1. The van der Waals surface area contributed by atoms with Crippen LogP contribution in [0.25, 0.3) is 0 Å². The molecule has 1 aliphatic rings. The first kappa shape index (κ1) is 17.4. The number of benzene rings is 1. The Hall–Kier alpha value is -1.95. The average molecular weight is 322 g/mol. The van der Waals surface area contributed by atoms with E-state index in [2.05, 4.69) is 0 Å². The van der Waals surface area contributed by atoms with Gasteiger partial charge in [-0.05, 0) is 49.9 Å². The Bertz CT molecular complexity index is 606. The van der Waals surface area contributed by atoms with Gasteiger partial charge in [0.15, 0.2) is 0 Å². The van der Waals surface area contributed by atoms with Gasteiger partial charge in [-0.25, -0.2) is 4.39 Å². The highest BCUT2D eigenvalue weighted by Gasteiger charge is 2.37. The van der Waals surface area contributed by atoms with E-state index in [0.29, 0.717) is 30.6 Å². The molecule has 0 radical (unpaired) electrons. The Labute approximate surface area is 135 Å². The number of hydrogen-bond donors (Lipinski definition) is 1. The molecule has 1 fully saturated rings. The lowest BCUT2D eigenvalue weighted by Crippen LogP contribution is -2.51. The number of nitrogens with zero attached hydrogens (tertiary/aromatic N) is 1. The number of primary amides is 1. The summed E-state index contributed by atoms with van der Waals surface area (Å²) in [7, 11) is 1.59. The van der Waals surface area contributed by atoms with Crippen molar-refractivity contribution in [2.45, 2.75) is 38.2 Å². The number of piperidine rings is 1. The molecule has 0 bridgehead atoms. The van der Waals surface area contributed by atoms with Crippen LogP contribution in [0.4, 0.5) is 4.39 Å². The molecule has 2 rings (SSSR count). The molecule has 0 saturated carbocycles. The van der Waals surface area contributed by atoms with Crippen LogP contribution in [0.1, 0.15) is 41.6 Å². The van der Waals surface area contributed by atoms with Gasteiger partial charge in [0.25, 0.3) is 5.91 Å². The third-order valence-electron chi connectivity index (χ3n) is 4.49. The number of carbonyl (C=O) groups excluding carboxylic acids is 2. The van der Waals surface area contributed by atoms with Gasteiger partial charge in [-0.15, -0.1) is 0 Å². The largest absolute Gasteiger partial charge is 0.376 e. The minimum atomic E-state index is -0.544. The quantitative estimate of drug-likeness (QED) is 0.901. The lowest BCUT2D eigenvalue weighted by molar-refractivity contribution is -0.120. The molecule has 0 unspecified atom stereocenters. The van der Waals surface area contributed by atoms with Gasteiger partial charge >= 0.3 is 0 Å². The van der Waals surface area contributed by atoms with Crippen LogP contribution in [-0.4, -0.2) is 42.5 Å². The summed E-state index contributed by atoms with van der Waals surface area (Å²) >= 11 is 0. The first-order valence-electron chi connectivity index (χ1n) is 7.76. The van der Waals surface area contributed by atoms with E-state index in [-0.39, 0.29) is 24.1 Å². The fourth-order valence-electron chi connectivity index (χ4n) is 3.06. The normalized spacial score (nSPS) is 21.3. The van der Waals surface area contributed by atoms with Crippen molar-refractivity contribution in [1.82, 2.24) is 4.90 Å². The minimum absolute atomic E-state index is 0.145. The molecule has 1 saturated heterocycles. The predicted molar refractivity (Wildman–Crippen MR) is 84.4 cm³/mol. The molecule has 6 heteroatoms. The zero-order chi connectivity index (χ0) is 17.0. The fourth-order valence-corrected chi connectivity index (χ4v) is 3.06. The van der Waals surface area contributed by atoms with Crippen molar-refractivity contribution in [2.75, 3.05) is 20.2 Å². The van der Waals surface area contributed by atoms with E-state index >= 15 is 0 Å². The summed E-state index contributed by atoms with van der Waals surface area (Å²) in [4.78, 5) is 25.4.